The molecule has 1 unspecified atom stereocenters. The fourth-order valence-electron chi connectivity index (χ4n) is 5.00. The van der Waals surface area contributed by atoms with Crippen LogP contribution in [-0.4, -0.2) is 63.1 Å². The average molecular weight is 551 g/mol. The number of aryl methyl sites for hydroxylation is 2. The highest BCUT2D eigenvalue weighted by Crippen LogP contribution is 2.29. The molecule has 0 saturated carbocycles. The molecule has 10 heteroatoms. The molecule has 2 amide bonds. The van der Waals surface area contributed by atoms with Gasteiger partial charge >= 0.3 is 0 Å². The van der Waals surface area contributed by atoms with Gasteiger partial charge in [-0.3, -0.25) is 9.59 Å². The molecule has 3 aromatic carbocycles. The van der Waals surface area contributed by atoms with E-state index in [4.69, 9.17) is 0 Å². The van der Waals surface area contributed by atoms with Crippen LogP contribution in [0, 0.1) is 19.7 Å². The van der Waals surface area contributed by atoms with Gasteiger partial charge in [-0.1, -0.05) is 23.8 Å². The van der Waals surface area contributed by atoms with Crippen molar-refractivity contribution in [2.45, 2.75) is 25.6 Å². The first kappa shape index (κ1) is 26.7. The first-order valence-corrected chi connectivity index (χ1v) is 14.7. The van der Waals surface area contributed by atoms with Crippen molar-refractivity contribution in [1.29, 1.82) is 0 Å². The molecule has 204 valence electrons. The van der Waals surface area contributed by atoms with Crippen molar-refractivity contribution in [2.24, 2.45) is 0 Å². The maximum Gasteiger partial charge on any atom is 0.254 e. The maximum absolute atomic E-state index is 13.2. The number of nitrogens with one attached hydrogen (secondary N) is 2. The molecular formula is C29H31FN4O4S. The number of hydrogen-bond donors (Lipinski definition) is 2. The summed E-state index contributed by atoms with van der Waals surface area (Å²) in [4.78, 5) is 29.9. The number of piperazine rings is 1. The molecule has 0 aromatic heterocycles. The van der Waals surface area contributed by atoms with Gasteiger partial charge in [0.25, 0.3) is 5.91 Å². The Bertz CT molecular complexity index is 1520. The van der Waals surface area contributed by atoms with E-state index in [9.17, 15) is 22.4 Å². The van der Waals surface area contributed by atoms with Gasteiger partial charge in [0.1, 0.15) is 11.9 Å². The molecule has 8 nitrogen and oxygen atoms in total. The lowest BCUT2D eigenvalue weighted by molar-refractivity contribution is -0.116. The third-order valence-electron chi connectivity index (χ3n) is 7.23. The zero-order chi connectivity index (χ0) is 27.7. The summed E-state index contributed by atoms with van der Waals surface area (Å²) < 4.78 is 39.1. The molecule has 3 aromatic rings. The first-order chi connectivity index (χ1) is 18.6. The van der Waals surface area contributed by atoms with Gasteiger partial charge < -0.3 is 20.4 Å². The second-order valence-electron chi connectivity index (χ2n) is 10.2. The minimum absolute atomic E-state index is 0.138. The third kappa shape index (κ3) is 6.06. The summed E-state index contributed by atoms with van der Waals surface area (Å²) in [6.07, 6.45) is 0. The van der Waals surface area contributed by atoms with Crippen LogP contribution in [0.5, 0.6) is 0 Å². The Labute approximate surface area is 227 Å². The van der Waals surface area contributed by atoms with E-state index >= 15 is 0 Å². The van der Waals surface area contributed by atoms with Gasteiger partial charge in [-0.25, -0.2) is 12.8 Å². The molecule has 0 aliphatic carbocycles. The Kier molecular flexibility index (Phi) is 7.31. The Balaban J connectivity index is 1.22. The Hall–Kier alpha value is -3.92. The van der Waals surface area contributed by atoms with E-state index in [1.165, 1.54) is 12.1 Å². The van der Waals surface area contributed by atoms with Crippen molar-refractivity contribution in [2.75, 3.05) is 47.5 Å². The normalized spacial score (nSPS) is 17.3. The second-order valence-corrected chi connectivity index (χ2v) is 12.3. The maximum atomic E-state index is 13.2. The molecule has 2 aliphatic heterocycles. The number of carbonyl (C=O) groups is 2. The zero-order valence-electron chi connectivity index (χ0n) is 21.9. The number of benzene rings is 3. The highest BCUT2D eigenvalue weighted by atomic mass is 32.2. The second kappa shape index (κ2) is 10.7. The van der Waals surface area contributed by atoms with Crippen LogP contribution in [0.1, 0.15) is 27.0 Å². The number of carbonyl (C=O) groups excluding carboxylic acids is 2. The highest BCUT2D eigenvalue weighted by Gasteiger charge is 2.31. The fourth-order valence-corrected chi connectivity index (χ4v) is 6.65. The van der Waals surface area contributed by atoms with Crippen LogP contribution in [-0.2, 0) is 20.4 Å². The zero-order valence-corrected chi connectivity index (χ0v) is 22.7. The Morgan fingerprint density at radius 2 is 1.67 bits per heavy atom. The molecule has 5 rings (SSSR count). The number of nitrogens with zero attached hydrogens (tertiary/aromatic N) is 2. The standard InChI is InChI=1S/C29H31FN4O4S/c1-19-3-4-20(2)22(15-19)17-39(37,38)18-27-28(35)32-26-16-21(5-10-25(26)31-27)29(36)34-13-11-33(12-14-34)24-8-6-23(30)7-9-24/h3-10,15-16,27,31H,11-14,17-18H2,1-2H3,(H,32,35). The molecule has 2 N–H and O–H groups in total. The molecule has 1 atom stereocenters. The third-order valence-corrected chi connectivity index (χ3v) is 8.82. The number of hydrogen-bond acceptors (Lipinski definition) is 6. The van der Waals surface area contributed by atoms with E-state index in [1.807, 2.05) is 32.0 Å². The summed E-state index contributed by atoms with van der Waals surface area (Å²) >= 11 is 0. The summed E-state index contributed by atoms with van der Waals surface area (Å²) in [5.41, 5.74) is 4.97. The van der Waals surface area contributed by atoms with Crippen LogP contribution in [0.25, 0.3) is 0 Å². The summed E-state index contributed by atoms with van der Waals surface area (Å²) in [5.74, 6) is -1.37. The van der Waals surface area contributed by atoms with Gasteiger partial charge in [-0.2, -0.15) is 0 Å². The summed E-state index contributed by atoms with van der Waals surface area (Å²) in [6.45, 7) is 6.06. The van der Waals surface area contributed by atoms with Gasteiger partial charge in [-0.05, 0) is 67.4 Å². The van der Waals surface area contributed by atoms with Gasteiger partial charge in [-0.15, -0.1) is 0 Å². The van der Waals surface area contributed by atoms with E-state index in [2.05, 4.69) is 15.5 Å². The van der Waals surface area contributed by atoms with E-state index < -0.39 is 21.8 Å². The van der Waals surface area contributed by atoms with Gasteiger partial charge in [0.05, 0.1) is 22.9 Å². The number of halogens is 1. The van der Waals surface area contributed by atoms with Crippen LogP contribution in [0.15, 0.2) is 60.7 Å². The topological polar surface area (TPSA) is 98.8 Å². The molecule has 1 saturated heterocycles. The van der Waals surface area contributed by atoms with E-state index in [1.54, 1.807) is 35.2 Å². The summed E-state index contributed by atoms with van der Waals surface area (Å²) in [7, 11) is -3.58. The first-order valence-electron chi connectivity index (χ1n) is 12.9. The van der Waals surface area contributed by atoms with Crippen molar-refractivity contribution < 1.29 is 22.4 Å². The van der Waals surface area contributed by atoms with Crippen LogP contribution < -0.4 is 15.5 Å². The molecule has 0 radical (unpaired) electrons. The molecule has 0 spiro atoms. The Morgan fingerprint density at radius 3 is 2.38 bits per heavy atom. The van der Waals surface area contributed by atoms with Gasteiger partial charge in [0.15, 0.2) is 9.84 Å². The molecule has 2 aliphatic rings. The highest BCUT2D eigenvalue weighted by molar-refractivity contribution is 7.90. The lowest BCUT2D eigenvalue weighted by Crippen LogP contribution is -2.49. The summed E-state index contributed by atoms with van der Waals surface area (Å²) in [6, 6.07) is 16.1. The van der Waals surface area contributed by atoms with E-state index in [0.29, 0.717) is 43.1 Å². The summed E-state index contributed by atoms with van der Waals surface area (Å²) in [5, 5.41) is 5.81. The number of rotatable bonds is 6. The monoisotopic (exact) mass is 550 g/mol. The SMILES string of the molecule is Cc1ccc(C)c(CS(=O)(=O)CC2Nc3ccc(C(=O)N4CCN(c5ccc(F)cc5)CC4)cc3NC2=O)c1. The van der Waals surface area contributed by atoms with Gasteiger partial charge in [0.2, 0.25) is 5.91 Å². The van der Waals surface area contributed by atoms with Crippen molar-refractivity contribution in [3.63, 3.8) is 0 Å². The predicted octanol–water partition coefficient (Wildman–Crippen LogP) is 3.75. The van der Waals surface area contributed by atoms with Crippen LogP contribution in [0.4, 0.5) is 21.5 Å². The predicted molar refractivity (Wildman–Crippen MR) is 150 cm³/mol. The number of anilines is 3. The van der Waals surface area contributed by atoms with E-state index in [-0.39, 0.29) is 23.2 Å². The molecule has 39 heavy (non-hydrogen) atoms. The minimum atomic E-state index is -3.58. The molecule has 2 heterocycles. The molecular weight excluding hydrogens is 519 g/mol. The minimum Gasteiger partial charge on any atom is -0.371 e. The Morgan fingerprint density at radius 1 is 0.949 bits per heavy atom. The number of sulfone groups is 1. The average Bonchev–Trinajstić information content (AvgIpc) is 2.91. The van der Waals surface area contributed by atoms with Crippen molar-refractivity contribution >= 4 is 38.7 Å². The van der Waals surface area contributed by atoms with Crippen molar-refractivity contribution in [3.05, 3.63) is 88.7 Å². The van der Waals surface area contributed by atoms with Crippen LogP contribution in [0.2, 0.25) is 0 Å². The quantitative estimate of drug-likeness (QED) is 0.485. The largest absolute Gasteiger partial charge is 0.371 e. The molecule has 0 bridgehead atoms. The fraction of sp³-hybridized carbons (Fsp3) is 0.310. The smallest absolute Gasteiger partial charge is 0.254 e. The van der Waals surface area contributed by atoms with Crippen molar-refractivity contribution in [3.8, 4) is 0 Å². The van der Waals surface area contributed by atoms with Crippen LogP contribution >= 0.6 is 0 Å². The molecule has 1 fully saturated rings. The lowest BCUT2D eigenvalue weighted by atomic mass is 10.1. The lowest BCUT2D eigenvalue weighted by Gasteiger charge is -2.36. The van der Waals surface area contributed by atoms with Crippen LogP contribution in [0.3, 0.4) is 0 Å². The van der Waals surface area contributed by atoms with E-state index in [0.717, 1.165) is 22.4 Å². The van der Waals surface area contributed by atoms with Gasteiger partial charge in [0, 0.05) is 37.4 Å². The van der Waals surface area contributed by atoms with Crippen molar-refractivity contribution in [1.82, 2.24) is 4.90 Å². The number of amides is 2. The number of fused-ring (bicyclic) bond motifs is 1.